The Kier molecular flexibility index (Phi) is 4.15. The maximum absolute atomic E-state index is 5.52. The number of ether oxygens (including phenoxy) is 1. The Morgan fingerprint density at radius 1 is 1.08 bits per heavy atom. The van der Waals surface area contributed by atoms with Crippen LogP contribution in [0.15, 0.2) is 36.5 Å². The van der Waals surface area contributed by atoms with Gasteiger partial charge >= 0.3 is 0 Å². The lowest BCUT2D eigenvalue weighted by Gasteiger charge is -2.18. The number of para-hydroxylation sites is 1. The molecule has 0 amide bonds. The Balaban J connectivity index is 1.65. The molecule has 3 aromatic rings. The molecule has 0 bridgehead atoms. The minimum absolute atomic E-state index is 0.259. The van der Waals surface area contributed by atoms with Gasteiger partial charge in [0.1, 0.15) is 5.82 Å². The lowest BCUT2D eigenvalue weighted by molar-refractivity contribution is 0.0836. The van der Waals surface area contributed by atoms with Crippen molar-refractivity contribution in [2.24, 2.45) is 0 Å². The molecule has 2 saturated heterocycles. The van der Waals surface area contributed by atoms with Crippen LogP contribution in [0.5, 0.6) is 0 Å². The van der Waals surface area contributed by atoms with Gasteiger partial charge < -0.3 is 10.1 Å². The quantitative estimate of drug-likeness (QED) is 0.787. The standard InChI is InChI=1S/C20H23N5O/c1-4-14-5-2-11-22-18(14)17(7-1)25-20(16-6-3-10-21-16)23-19(24-25)15-8-12-26-13-9-15/h1-2,4-5,7,11,15-16,21H,3,6,8-10,12-13H2/t16-/m1/s1. The number of fused-ring (bicyclic) bond motifs is 1. The predicted molar refractivity (Wildman–Crippen MR) is 99.4 cm³/mol. The highest BCUT2D eigenvalue weighted by atomic mass is 16.5. The van der Waals surface area contributed by atoms with E-state index in [0.717, 1.165) is 67.3 Å². The number of nitrogens with one attached hydrogen (secondary N) is 1. The highest BCUT2D eigenvalue weighted by molar-refractivity contribution is 5.86. The number of aromatic nitrogens is 4. The van der Waals surface area contributed by atoms with Gasteiger partial charge in [-0.1, -0.05) is 18.2 Å². The molecule has 1 aromatic carbocycles. The number of pyridine rings is 1. The van der Waals surface area contributed by atoms with Gasteiger partial charge in [0.05, 0.1) is 17.2 Å². The summed E-state index contributed by atoms with van der Waals surface area (Å²) in [4.78, 5) is 9.62. The molecule has 0 saturated carbocycles. The van der Waals surface area contributed by atoms with Crippen molar-refractivity contribution in [3.63, 3.8) is 0 Å². The number of rotatable bonds is 3. The summed E-state index contributed by atoms with van der Waals surface area (Å²) in [7, 11) is 0. The Hall–Kier alpha value is -2.31. The number of hydrogen-bond donors (Lipinski definition) is 1. The minimum Gasteiger partial charge on any atom is -0.381 e. The van der Waals surface area contributed by atoms with E-state index in [1.165, 1.54) is 6.42 Å². The smallest absolute Gasteiger partial charge is 0.154 e. The van der Waals surface area contributed by atoms with Crippen LogP contribution in [0.2, 0.25) is 0 Å². The van der Waals surface area contributed by atoms with E-state index in [4.69, 9.17) is 14.8 Å². The van der Waals surface area contributed by atoms with Crippen LogP contribution in [0.3, 0.4) is 0 Å². The van der Waals surface area contributed by atoms with E-state index in [2.05, 4.69) is 34.6 Å². The Bertz CT molecular complexity index is 904. The zero-order valence-electron chi connectivity index (χ0n) is 14.8. The molecule has 2 aliphatic heterocycles. The van der Waals surface area contributed by atoms with Crippen molar-refractivity contribution in [2.45, 2.75) is 37.6 Å². The molecule has 2 aromatic heterocycles. The molecule has 0 unspecified atom stereocenters. The third kappa shape index (κ3) is 2.79. The highest BCUT2D eigenvalue weighted by Gasteiger charge is 2.28. The van der Waals surface area contributed by atoms with Gasteiger partial charge in [0.25, 0.3) is 0 Å². The monoisotopic (exact) mass is 349 g/mol. The molecule has 6 heteroatoms. The lowest BCUT2D eigenvalue weighted by atomic mass is 10.00. The normalized spacial score (nSPS) is 21.5. The molecule has 0 aliphatic carbocycles. The SMILES string of the molecule is c1cnc2c(-n3nc(C4CCOCC4)nc3[C@H]3CCCN3)cccc2c1. The van der Waals surface area contributed by atoms with Gasteiger partial charge in [-0.15, -0.1) is 0 Å². The van der Waals surface area contributed by atoms with Crippen molar-refractivity contribution in [1.29, 1.82) is 0 Å². The molecule has 4 heterocycles. The van der Waals surface area contributed by atoms with Crippen LogP contribution in [0.4, 0.5) is 0 Å². The maximum atomic E-state index is 5.52. The molecule has 2 aliphatic rings. The van der Waals surface area contributed by atoms with Gasteiger partial charge in [-0.2, -0.15) is 5.10 Å². The first kappa shape index (κ1) is 15.9. The molecule has 0 radical (unpaired) electrons. The summed E-state index contributed by atoms with van der Waals surface area (Å²) in [6.07, 6.45) is 6.11. The topological polar surface area (TPSA) is 64.9 Å². The third-order valence-electron chi connectivity index (χ3n) is 5.45. The van der Waals surface area contributed by atoms with Crippen LogP contribution < -0.4 is 5.32 Å². The van der Waals surface area contributed by atoms with Crippen LogP contribution in [0.1, 0.15) is 49.3 Å². The molecular weight excluding hydrogens is 326 g/mol. The second kappa shape index (κ2) is 6.78. The molecule has 5 rings (SSSR count). The van der Waals surface area contributed by atoms with E-state index in [1.807, 2.05) is 16.9 Å². The van der Waals surface area contributed by atoms with E-state index in [-0.39, 0.29) is 6.04 Å². The summed E-state index contributed by atoms with van der Waals surface area (Å²) in [5.41, 5.74) is 1.98. The largest absolute Gasteiger partial charge is 0.381 e. The summed E-state index contributed by atoms with van der Waals surface area (Å²) in [6, 6.07) is 10.6. The summed E-state index contributed by atoms with van der Waals surface area (Å²) < 4.78 is 7.55. The van der Waals surface area contributed by atoms with Gasteiger partial charge in [-0.05, 0) is 44.4 Å². The van der Waals surface area contributed by atoms with Crippen molar-refractivity contribution >= 4 is 10.9 Å². The molecule has 6 nitrogen and oxygen atoms in total. The fourth-order valence-electron chi connectivity index (χ4n) is 4.04. The zero-order valence-corrected chi connectivity index (χ0v) is 14.8. The summed E-state index contributed by atoms with van der Waals surface area (Å²) >= 11 is 0. The lowest BCUT2D eigenvalue weighted by Crippen LogP contribution is -2.18. The Morgan fingerprint density at radius 3 is 2.81 bits per heavy atom. The fraction of sp³-hybridized carbons (Fsp3) is 0.450. The van der Waals surface area contributed by atoms with Gasteiger partial charge in [0.2, 0.25) is 0 Å². The first-order valence-corrected chi connectivity index (χ1v) is 9.52. The second-order valence-electron chi connectivity index (χ2n) is 7.13. The predicted octanol–water partition coefficient (Wildman–Crippen LogP) is 3.13. The molecule has 0 spiro atoms. The van der Waals surface area contributed by atoms with E-state index in [1.54, 1.807) is 0 Å². The first-order valence-electron chi connectivity index (χ1n) is 9.52. The van der Waals surface area contributed by atoms with Crippen LogP contribution in [0.25, 0.3) is 16.6 Å². The highest BCUT2D eigenvalue weighted by Crippen LogP contribution is 2.31. The second-order valence-corrected chi connectivity index (χ2v) is 7.13. The van der Waals surface area contributed by atoms with Crippen LogP contribution in [-0.4, -0.2) is 39.5 Å². The summed E-state index contributed by atoms with van der Waals surface area (Å²) in [6.45, 7) is 2.63. The van der Waals surface area contributed by atoms with Crippen LogP contribution >= 0.6 is 0 Å². The van der Waals surface area contributed by atoms with Gasteiger partial charge in [0.15, 0.2) is 5.82 Å². The van der Waals surface area contributed by atoms with Crippen molar-refractivity contribution in [1.82, 2.24) is 25.1 Å². The molecule has 26 heavy (non-hydrogen) atoms. The van der Waals surface area contributed by atoms with Crippen LogP contribution in [0, 0.1) is 0 Å². The Labute approximate surface area is 152 Å². The summed E-state index contributed by atoms with van der Waals surface area (Å²) in [5, 5.41) is 9.67. The van der Waals surface area contributed by atoms with E-state index in [0.29, 0.717) is 5.92 Å². The molecule has 1 atom stereocenters. The van der Waals surface area contributed by atoms with Crippen molar-refractivity contribution in [3.8, 4) is 5.69 Å². The average Bonchev–Trinajstić information content (AvgIpc) is 3.38. The van der Waals surface area contributed by atoms with Crippen molar-refractivity contribution in [2.75, 3.05) is 19.8 Å². The average molecular weight is 349 g/mol. The van der Waals surface area contributed by atoms with Crippen molar-refractivity contribution in [3.05, 3.63) is 48.2 Å². The first-order chi connectivity index (χ1) is 12.9. The van der Waals surface area contributed by atoms with Gasteiger partial charge in [-0.3, -0.25) is 4.98 Å². The van der Waals surface area contributed by atoms with Crippen molar-refractivity contribution < 1.29 is 4.74 Å². The molecule has 2 fully saturated rings. The van der Waals surface area contributed by atoms with E-state index in [9.17, 15) is 0 Å². The number of nitrogens with zero attached hydrogens (tertiary/aromatic N) is 4. The summed E-state index contributed by atoms with van der Waals surface area (Å²) in [5.74, 6) is 2.35. The molecule has 1 N–H and O–H groups in total. The Morgan fingerprint density at radius 2 is 1.96 bits per heavy atom. The van der Waals surface area contributed by atoms with Gasteiger partial charge in [-0.25, -0.2) is 9.67 Å². The number of benzene rings is 1. The number of hydrogen-bond acceptors (Lipinski definition) is 5. The van der Waals surface area contributed by atoms with Gasteiger partial charge in [0, 0.05) is 30.7 Å². The fourth-order valence-corrected chi connectivity index (χ4v) is 4.04. The minimum atomic E-state index is 0.259. The zero-order chi connectivity index (χ0) is 17.3. The molecular formula is C20H23N5O. The third-order valence-corrected chi connectivity index (χ3v) is 5.45. The van der Waals surface area contributed by atoms with E-state index < -0.39 is 0 Å². The maximum Gasteiger partial charge on any atom is 0.154 e. The molecule has 134 valence electrons. The van der Waals surface area contributed by atoms with Crippen LogP contribution in [-0.2, 0) is 4.74 Å². The van der Waals surface area contributed by atoms with E-state index >= 15 is 0 Å².